The van der Waals surface area contributed by atoms with Crippen molar-refractivity contribution >= 4 is 12.4 Å². The van der Waals surface area contributed by atoms with Gasteiger partial charge in [-0.2, -0.15) is 0 Å². The zero-order valence-corrected chi connectivity index (χ0v) is 8.47. The molecule has 0 spiro atoms. The molecular weight excluding hydrogens is 182 g/mol. The second kappa shape index (κ2) is 6.54. The number of terminal acetylenes is 1. The number of hydrogen-bond donors (Lipinski definition) is 1. The van der Waals surface area contributed by atoms with E-state index in [1.807, 2.05) is 18.2 Å². The van der Waals surface area contributed by atoms with Gasteiger partial charge in [-0.25, -0.2) is 0 Å². The molecule has 13 heavy (non-hydrogen) atoms. The third-order valence-corrected chi connectivity index (χ3v) is 1.81. The van der Waals surface area contributed by atoms with Crippen LogP contribution in [0.25, 0.3) is 0 Å². The highest BCUT2D eigenvalue weighted by molar-refractivity contribution is 5.85. The summed E-state index contributed by atoms with van der Waals surface area (Å²) in [6.07, 6.45) is 5.14. The average molecular weight is 196 g/mol. The van der Waals surface area contributed by atoms with Gasteiger partial charge in [-0.3, -0.25) is 5.32 Å². The predicted molar refractivity (Wildman–Crippen MR) is 58.9 cm³/mol. The molecular formula is C11H14ClN. The van der Waals surface area contributed by atoms with Crippen LogP contribution in [0.2, 0.25) is 0 Å². The van der Waals surface area contributed by atoms with E-state index in [1.165, 1.54) is 5.56 Å². The van der Waals surface area contributed by atoms with Crippen LogP contribution in [0.15, 0.2) is 30.3 Å². The molecule has 1 rings (SSSR count). The number of nitrogens with one attached hydrogen (secondary N) is 1. The Kier molecular flexibility index (Phi) is 6.05. The van der Waals surface area contributed by atoms with Crippen LogP contribution in [0.1, 0.15) is 18.5 Å². The first-order valence-corrected chi connectivity index (χ1v) is 4.06. The molecule has 2 heteroatoms. The monoisotopic (exact) mass is 195 g/mol. The van der Waals surface area contributed by atoms with Gasteiger partial charge in [-0.05, 0) is 12.5 Å². The SMILES string of the molecule is C#CCNC(C)c1ccccc1.Cl. The predicted octanol–water partition coefficient (Wildman–Crippen LogP) is 2.39. The van der Waals surface area contributed by atoms with Crippen LogP contribution in [0, 0.1) is 12.3 Å². The van der Waals surface area contributed by atoms with Crippen LogP contribution >= 0.6 is 12.4 Å². The van der Waals surface area contributed by atoms with Crippen LogP contribution in [0.3, 0.4) is 0 Å². The molecule has 0 aliphatic carbocycles. The summed E-state index contributed by atoms with van der Waals surface area (Å²) in [6.45, 7) is 2.72. The van der Waals surface area contributed by atoms with Crippen LogP contribution < -0.4 is 5.32 Å². The second-order valence-corrected chi connectivity index (χ2v) is 2.72. The Morgan fingerprint density at radius 3 is 2.54 bits per heavy atom. The molecule has 70 valence electrons. The highest BCUT2D eigenvalue weighted by atomic mass is 35.5. The highest BCUT2D eigenvalue weighted by Crippen LogP contribution is 2.09. The van der Waals surface area contributed by atoms with E-state index in [-0.39, 0.29) is 12.4 Å². The minimum atomic E-state index is 0. The van der Waals surface area contributed by atoms with Crippen molar-refractivity contribution in [3.63, 3.8) is 0 Å². The molecule has 1 aromatic rings. The molecule has 0 fully saturated rings. The standard InChI is InChI=1S/C11H13N.ClH/c1-3-9-12-10(2)11-7-5-4-6-8-11;/h1,4-8,10,12H,9H2,2H3;1H. The number of halogens is 1. The number of hydrogen-bond acceptors (Lipinski definition) is 1. The Hall–Kier alpha value is -0.970. The van der Waals surface area contributed by atoms with Crippen molar-refractivity contribution in [2.75, 3.05) is 6.54 Å². The first kappa shape index (κ1) is 12.0. The van der Waals surface area contributed by atoms with E-state index in [2.05, 4.69) is 30.3 Å². The third-order valence-electron chi connectivity index (χ3n) is 1.81. The first-order valence-electron chi connectivity index (χ1n) is 4.06. The van der Waals surface area contributed by atoms with E-state index >= 15 is 0 Å². The van der Waals surface area contributed by atoms with Gasteiger partial charge in [-0.15, -0.1) is 18.8 Å². The van der Waals surface area contributed by atoms with Crippen molar-refractivity contribution in [2.45, 2.75) is 13.0 Å². The molecule has 0 saturated heterocycles. The van der Waals surface area contributed by atoms with Gasteiger partial charge >= 0.3 is 0 Å². The van der Waals surface area contributed by atoms with Crippen molar-refractivity contribution in [3.05, 3.63) is 35.9 Å². The first-order chi connectivity index (χ1) is 5.84. The summed E-state index contributed by atoms with van der Waals surface area (Å²) in [6, 6.07) is 10.6. The molecule has 0 bridgehead atoms. The molecule has 1 unspecified atom stereocenters. The maximum atomic E-state index is 5.14. The van der Waals surface area contributed by atoms with E-state index < -0.39 is 0 Å². The fraction of sp³-hybridized carbons (Fsp3) is 0.273. The maximum absolute atomic E-state index is 5.14. The average Bonchev–Trinajstić information content (AvgIpc) is 2.15. The minimum absolute atomic E-state index is 0. The summed E-state index contributed by atoms with van der Waals surface area (Å²) in [5.74, 6) is 2.56. The lowest BCUT2D eigenvalue weighted by atomic mass is 10.1. The van der Waals surface area contributed by atoms with E-state index in [1.54, 1.807) is 0 Å². The van der Waals surface area contributed by atoms with Gasteiger partial charge in [0.15, 0.2) is 0 Å². The zero-order chi connectivity index (χ0) is 8.81. The molecule has 0 amide bonds. The topological polar surface area (TPSA) is 12.0 Å². The van der Waals surface area contributed by atoms with E-state index in [4.69, 9.17) is 6.42 Å². The number of rotatable bonds is 3. The Labute approximate surface area is 86.0 Å². The van der Waals surface area contributed by atoms with Gasteiger partial charge in [0, 0.05) is 6.04 Å². The molecule has 1 nitrogen and oxygen atoms in total. The molecule has 0 saturated carbocycles. The molecule has 1 atom stereocenters. The maximum Gasteiger partial charge on any atom is 0.0578 e. The van der Waals surface area contributed by atoms with Crippen molar-refractivity contribution in [1.29, 1.82) is 0 Å². The summed E-state index contributed by atoms with van der Waals surface area (Å²) in [4.78, 5) is 0. The normalized spacial score (nSPS) is 11.1. The van der Waals surface area contributed by atoms with Gasteiger partial charge in [0.2, 0.25) is 0 Å². The lowest BCUT2D eigenvalue weighted by Gasteiger charge is -2.11. The summed E-state index contributed by atoms with van der Waals surface area (Å²) >= 11 is 0. The summed E-state index contributed by atoms with van der Waals surface area (Å²) in [7, 11) is 0. The second-order valence-electron chi connectivity index (χ2n) is 2.72. The van der Waals surface area contributed by atoms with Gasteiger partial charge in [-0.1, -0.05) is 36.3 Å². The lowest BCUT2D eigenvalue weighted by molar-refractivity contribution is 0.623. The molecule has 0 heterocycles. The van der Waals surface area contributed by atoms with E-state index in [9.17, 15) is 0 Å². The fourth-order valence-corrected chi connectivity index (χ4v) is 1.07. The van der Waals surface area contributed by atoms with E-state index in [0.717, 1.165) is 0 Å². The molecule has 0 radical (unpaired) electrons. The third kappa shape index (κ3) is 3.98. The Morgan fingerprint density at radius 2 is 2.00 bits per heavy atom. The highest BCUT2D eigenvalue weighted by Gasteiger charge is 2.00. The van der Waals surface area contributed by atoms with Crippen LogP contribution in [0.5, 0.6) is 0 Å². The fourth-order valence-electron chi connectivity index (χ4n) is 1.07. The molecule has 0 aromatic heterocycles. The van der Waals surface area contributed by atoms with E-state index in [0.29, 0.717) is 12.6 Å². The van der Waals surface area contributed by atoms with Crippen molar-refractivity contribution in [2.24, 2.45) is 0 Å². The largest absolute Gasteiger partial charge is 0.300 e. The Morgan fingerprint density at radius 1 is 1.38 bits per heavy atom. The zero-order valence-electron chi connectivity index (χ0n) is 7.66. The van der Waals surface area contributed by atoms with Crippen molar-refractivity contribution < 1.29 is 0 Å². The molecule has 0 aliphatic heterocycles. The summed E-state index contributed by atoms with van der Waals surface area (Å²) in [5.41, 5.74) is 1.27. The van der Waals surface area contributed by atoms with Crippen molar-refractivity contribution in [1.82, 2.24) is 5.32 Å². The molecule has 0 aliphatic rings. The van der Waals surface area contributed by atoms with Gasteiger partial charge in [0.1, 0.15) is 0 Å². The van der Waals surface area contributed by atoms with Crippen LogP contribution in [-0.4, -0.2) is 6.54 Å². The van der Waals surface area contributed by atoms with Gasteiger partial charge < -0.3 is 0 Å². The Balaban J connectivity index is 0.00000144. The van der Waals surface area contributed by atoms with Gasteiger partial charge in [0.25, 0.3) is 0 Å². The Bertz CT molecular complexity index is 263. The summed E-state index contributed by atoms with van der Waals surface area (Å²) in [5, 5.41) is 3.21. The van der Waals surface area contributed by atoms with Crippen LogP contribution in [0.4, 0.5) is 0 Å². The minimum Gasteiger partial charge on any atom is -0.300 e. The molecule has 1 aromatic carbocycles. The smallest absolute Gasteiger partial charge is 0.0578 e. The van der Waals surface area contributed by atoms with Gasteiger partial charge in [0.05, 0.1) is 6.54 Å². The lowest BCUT2D eigenvalue weighted by Crippen LogP contribution is -2.18. The number of benzene rings is 1. The quantitative estimate of drug-likeness (QED) is 0.731. The molecule has 1 N–H and O–H groups in total. The van der Waals surface area contributed by atoms with Crippen LogP contribution in [-0.2, 0) is 0 Å². The summed E-state index contributed by atoms with van der Waals surface area (Å²) < 4.78 is 0. The van der Waals surface area contributed by atoms with Crippen molar-refractivity contribution in [3.8, 4) is 12.3 Å².